The fraction of sp³-hybridized carbons (Fsp3) is 0.462. The molecule has 0 aliphatic heterocycles. The minimum absolute atomic E-state index is 0.122. The molecular weight excluding hydrogens is 292 g/mol. The van der Waals surface area contributed by atoms with Crippen molar-refractivity contribution in [3.63, 3.8) is 0 Å². The van der Waals surface area contributed by atoms with Gasteiger partial charge in [0, 0.05) is 25.9 Å². The van der Waals surface area contributed by atoms with Gasteiger partial charge in [-0.05, 0) is 26.0 Å². The standard InChI is InChI=1S/C13H20N4O3S/c1-3-14-12-13(17-9-6-5-7-11(17)16-12)21(18,19)15-8-10-20-4-2/h5-7,9,14-15H,3-4,8,10H2,1-2H3. The van der Waals surface area contributed by atoms with Gasteiger partial charge in [0.15, 0.2) is 10.8 Å². The SMILES string of the molecule is CCNc1nc2ccccn2c1S(=O)(=O)NCCOCC. The van der Waals surface area contributed by atoms with E-state index in [1.54, 1.807) is 22.7 Å². The van der Waals surface area contributed by atoms with Crippen molar-refractivity contribution in [2.45, 2.75) is 18.9 Å². The number of pyridine rings is 1. The number of hydrogen-bond donors (Lipinski definition) is 2. The van der Waals surface area contributed by atoms with Crippen molar-refractivity contribution in [1.82, 2.24) is 14.1 Å². The van der Waals surface area contributed by atoms with Crippen LogP contribution in [-0.2, 0) is 14.8 Å². The molecule has 0 unspecified atom stereocenters. The van der Waals surface area contributed by atoms with Gasteiger partial charge in [-0.2, -0.15) is 0 Å². The molecule has 8 heteroatoms. The lowest BCUT2D eigenvalue weighted by Gasteiger charge is -2.09. The van der Waals surface area contributed by atoms with Crippen molar-refractivity contribution in [1.29, 1.82) is 0 Å². The number of ether oxygens (including phenoxy) is 1. The summed E-state index contributed by atoms with van der Waals surface area (Å²) in [5, 5.41) is 3.11. The molecule has 0 aromatic carbocycles. The van der Waals surface area contributed by atoms with Gasteiger partial charge >= 0.3 is 0 Å². The predicted molar refractivity (Wildman–Crippen MR) is 81.0 cm³/mol. The van der Waals surface area contributed by atoms with Crippen molar-refractivity contribution < 1.29 is 13.2 Å². The van der Waals surface area contributed by atoms with Gasteiger partial charge in [-0.15, -0.1) is 0 Å². The number of nitrogens with one attached hydrogen (secondary N) is 2. The summed E-state index contributed by atoms with van der Waals surface area (Å²) in [6.45, 7) is 5.46. The minimum atomic E-state index is -3.67. The molecule has 0 amide bonds. The van der Waals surface area contributed by atoms with E-state index in [1.807, 2.05) is 19.9 Å². The Balaban J connectivity index is 2.36. The first-order valence-electron chi connectivity index (χ1n) is 6.88. The predicted octanol–water partition coefficient (Wildman–Crippen LogP) is 1.08. The van der Waals surface area contributed by atoms with E-state index < -0.39 is 10.0 Å². The maximum absolute atomic E-state index is 12.5. The Kier molecular flexibility index (Phi) is 5.16. The number of aromatic nitrogens is 2. The number of anilines is 1. The number of hydrogen-bond acceptors (Lipinski definition) is 5. The van der Waals surface area contributed by atoms with Crippen LogP contribution < -0.4 is 10.0 Å². The first kappa shape index (κ1) is 15.7. The topological polar surface area (TPSA) is 84.7 Å². The highest BCUT2D eigenvalue weighted by atomic mass is 32.2. The van der Waals surface area contributed by atoms with E-state index in [0.717, 1.165) is 0 Å². The first-order chi connectivity index (χ1) is 10.1. The molecule has 2 rings (SSSR count). The summed E-state index contributed by atoms with van der Waals surface area (Å²) in [6.07, 6.45) is 1.68. The highest BCUT2D eigenvalue weighted by Gasteiger charge is 2.24. The summed E-state index contributed by atoms with van der Waals surface area (Å²) in [6, 6.07) is 5.35. The lowest BCUT2D eigenvalue weighted by Crippen LogP contribution is -2.29. The van der Waals surface area contributed by atoms with Crippen molar-refractivity contribution in [3.8, 4) is 0 Å². The van der Waals surface area contributed by atoms with Gasteiger partial charge in [0.2, 0.25) is 0 Å². The molecule has 2 N–H and O–H groups in total. The van der Waals surface area contributed by atoms with E-state index >= 15 is 0 Å². The molecule has 0 fully saturated rings. The van der Waals surface area contributed by atoms with E-state index in [1.165, 1.54) is 0 Å². The van der Waals surface area contributed by atoms with Gasteiger partial charge in [-0.1, -0.05) is 6.07 Å². The van der Waals surface area contributed by atoms with Crippen LogP contribution in [-0.4, -0.2) is 44.1 Å². The van der Waals surface area contributed by atoms with Gasteiger partial charge in [0.25, 0.3) is 10.0 Å². The second kappa shape index (κ2) is 6.88. The molecule has 0 atom stereocenters. The monoisotopic (exact) mass is 312 g/mol. The molecule has 2 aromatic heterocycles. The molecular formula is C13H20N4O3S. The van der Waals surface area contributed by atoms with Crippen LogP contribution in [0.5, 0.6) is 0 Å². The Morgan fingerprint density at radius 3 is 2.86 bits per heavy atom. The van der Waals surface area contributed by atoms with Crippen LogP contribution in [0.2, 0.25) is 0 Å². The molecule has 0 bridgehead atoms. The largest absolute Gasteiger partial charge is 0.380 e. The molecule has 0 saturated heterocycles. The highest BCUT2D eigenvalue weighted by molar-refractivity contribution is 7.89. The fourth-order valence-electron chi connectivity index (χ4n) is 1.97. The second-order valence-electron chi connectivity index (χ2n) is 4.32. The molecule has 2 aromatic rings. The van der Waals surface area contributed by atoms with Crippen molar-refractivity contribution >= 4 is 21.5 Å². The fourth-order valence-corrected chi connectivity index (χ4v) is 3.25. The molecule has 0 aliphatic rings. The summed E-state index contributed by atoms with van der Waals surface area (Å²) in [7, 11) is -3.67. The minimum Gasteiger partial charge on any atom is -0.380 e. The summed E-state index contributed by atoms with van der Waals surface area (Å²) in [5.41, 5.74) is 0.582. The van der Waals surface area contributed by atoms with Gasteiger partial charge < -0.3 is 10.1 Å². The maximum atomic E-state index is 12.5. The number of rotatable bonds is 8. The highest BCUT2D eigenvalue weighted by Crippen LogP contribution is 2.22. The second-order valence-corrected chi connectivity index (χ2v) is 6.00. The van der Waals surface area contributed by atoms with Crippen LogP contribution in [0.15, 0.2) is 29.4 Å². The van der Waals surface area contributed by atoms with E-state index in [9.17, 15) is 8.42 Å². The Morgan fingerprint density at radius 2 is 2.14 bits per heavy atom. The third kappa shape index (κ3) is 3.52. The van der Waals surface area contributed by atoms with Crippen LogP contribution in [0.1, 0.15) is 13.8 Å². The van der Waals surface area contributed by atoms with Crippen LogP contribution in [0.4, 0.5) is 5.82 Å². The number of nitrogens with zero attached hydrogens (tertiary/aromatic N) is 2. The number of fused-ring (bicyclic) bond motifs is 1. The Hall–Kier alpha value is -1.64. The summed E-state index contributed by atoms with van der Waals surface area (Å²) in [4.78, 5) is 4.31. The van der Waals surface area contributed by atoms with Gasteiger partial charge in [-0.3, -0.25) is 4.40 Å². The molecule has 116 valence electrons. The Morgan fingerprint density at radius 1 is 1.33 bits per heavy atom. The van der Waals surface area contributed by atoms with E-state index in [2.05, 4.69) is 15.0 Å². The quantitative estimate of drug-likeness (QED) is 0.713. The average Bonchev–Trinajstić information content (AvgIpc) is 2.83. The number of imidazole rings is 1. The average molecular weight is 312 g/mol. The molecule has 7 nitrogen and oxygen atoms in total. The van der Waals surface area contributed by atoms with Gasteiger partial charge in [0.1, 0.15) is 5.65 Å². The van der Waals surface area contributed by atoms with Gasteiger partial charge in [0.05, 0.1) is 6.61 Å². The van der Waals surface area contributed by atoms with E-state index in [4.69, 9.17) is 4.74 Å². The number of sulfonamides is 1. The molecule has 0 spiro atoms. The summed E-state index contributed by atoms with van der Waals surface area (Å²) < 4.78 is 34.2. The lowest BCUT2D eigenvalue weighted by molar-refractivity contribution is 0.153. The Labute approximate surface area is 124 Å². The third-order valence-electron chi connectivity index (χ3n) is 2.83. The summed E-state index contributed by atoms with van der Waals surface area (Å²) >= 11 is 0. The van der Waals surface area contributed by atoms with E-state index in [0.29, 0.717) is 31.2 Å². The molecule has 21 heavy (non-hydrogen) atoms. The smallest absolute Gasteiger partial charge is 0.260 e. The lowest BCUT2D eigenvalue weighted by atomic mass is 10.5. The van der Waals surface area contributed by atoms with E-state index in [-0.39, 0.29) is 11.6 Å². The molecule has 0 saturated carbocycles. The zero-order valence-electron chi connectivity index (χ0n) is 12.2. The van der Waals surface area contributed by atoms with Gasteiger partial charge in [-0.25, -0.2) is 18.1 Å². The van der Waals surface area contributed by atoms with Crippen LogP contribution in [0.3, 0.4) is 0 Å². The molecule has 2 heterocycles. The van der Waals surface area contributed by atoms with Crippen LogP contribution >= 0.6 is 0 Å². The summed E-state index contributed by atoms with van der Waals surface area (Å²) in [5.74, 6) is 0.354. The van der Waals surface area contributed by atoms with Crippen LogP contribution in [0.25, 0.3) is 5.65 Å². The molecule has 0 aliphatic carbocycles. The Bertz CT molecular complexity index is 697. The van der Waals surface area contributed by atoms with Crippen molar-refractivity contribution in [2.75, 3.05) is 31.6 Å². The van der Waals surface area contributed by atoms with Crippen LogP contribution in [0, 0.1) is 0 Å². The van der Waals surface area contributed by atoms with Crippen molar-refractivity contribution in [2.24, 2.45) is 0 Å². The zero-order valence-corrected chi connectivity index (χ0v) is 13.0. The normalized spacial score (nSPS) is 11.9. The zero-order chi connectivity index (χ0) is 15.3. The first-order valence-corrected chi connectivity index (χ1v) is 8.36. The maximum Gasteiger partial charge on any atom is 0.260 e. The molecule has 0 radical (unpaired) electrons. The van der Waals surface area contributed by atoms with Crippen molar-refractivity contribution in [3.05, 3.63) is 24.4 Å². The third-order valence-corrected chi connectivity index (χ3v) is 4.31.